The van der Waals surface area contributed by atoms with Crippen molar-refractivity contribution < 1.29 is 9.53 Å². The van der Waals surface area contributed by atoms with Crippen LogP contribution in [0.2, 0.25) is 0 Å². The Morgan fingerprint density at radius 1 is 1.15 bits per heavy atom. The lowest BCUT2D eigenvalue weighted by atomic mass is 9.97. The van der Waals surface area contributed by atoms with E-state index >= 15 is 0 Å². The lowest BCUT2D eigenvalue weighted by Crippen LogP contribution is -2.63. The van der Waals surface area contributed by atoms with Crippen LogP contribution in [0, 0.1) is 0 Å². The molecule has 0 radical (unpaired) electrons. The van der Waals surface area contributed by atoms with E-state index in [4.69, 9.17) is 4.74 Å². The molecule has 2 aromatic carbocycles. The molecule has 2 aromatic rings. The molecule has 1 N–H and O–H groups in total. The number of nitrogens with one attached hydrogen (secondary N) is 1. The number of hydrogen-bond donors (Lipinski definition) is 1. The maximum absolute atomic E-state index is 12.5. The van der Waals surface area contributed by atoms with Gasteiger partial charge >= 0.3 is 0 Å². The van der Waals surface area contributed by atoms with Gasteiger partial charge in [0.1, 0.15) is 5.75 Å². The van der Waals surface area contributed by atoms with Gasteiger partial charge in [0.2, 0.25) is 0 Å². The number of anilines is 1. The number of nitrogens with zero attached hydrogens (tertiary/aromatic N) is 2. The predicted octanol–water partition coefficient (Wildman–Crippen LogP) is 2.87. The lowest BCUT2D eigenvalue weighted by molar-refractivity contribution is -0.0393. The molecule has 136 valence electrons. The Morgan fingerprint density at radius 3 is 2.69 bits per heavy atom. The minimum absolute atomic E-state index is 0.0379. The van der Waals surface area contributed by atoms with Gasteiger partial charge in [-0.1, -0.05) is 24.3 Å². The van der Waals surface area contributed by atoms with E-state index < -0.39 is 5.72 Å². The Morgan fingerprint density at radius 2 is 1.92 bits per heavy atom. The SMILES string of the molecule is CN(C)c1ccc(CN2CCCC3(C2)NC(=O)c2ccccc2O3)cc1. The maximum Gasteiger partial charge on any atom is 0.258 e. The maximum atomic E-state index is 12.5. The lowest BCUT2D eigenvalue weighted by Gasteiger charge is -2.45. The summed E-state index contributed by atoms with van der Waals surface area (Å²) in [5.74, 6) is 0.650. The van der Waals surface area contributed by atoms with Crippen molar-refractivity contribution in [3.05, 3.63) is 59.7 Å². The molecule has 1 amide bonds. The number of hydrogen-bond acceptors (Lipinski definition) is 4. The van der Waals surface area contributed by atoms with Crippen molar-refractivity contribution in [1.29, 1.82) is 0 Å². The van der Waals surface area contributed by atoms with Crippen LogP contribution in [0.5, 0.6) is 5.75 Å². The zero-order valence-corrected chi connectivity index (χ0v) is 15.4. The minimum atomic E-state index is -0.618. The van der Waals surface area contributed by atoms with Gasteiger partial charge in [-0.15, -0.1) is 0 Å². The summed E-state index contributed by atoms with van der Waals surface area (Å²) in [5.41, 5.74) is 2.47. The van der Waals surface area contributed by atoms with Gasteiger partial charge in [0.15, 0.2) is 5.72 Å². The van der Waals surface area contributed by atoms with Crippen molar-refractivity contribution in [3.8, 4) is 5.75 Å². The van der Waals surface area contributed by atoms with Crippen molar-refractivity contribution in [2.45, 2.75) is 25.1 Å². The fourth-order valence-corrected chi connectivity index (χ4v) is 3.84. The molecule has 26 heavy (non-hydrogen) atoms. The van der Waals surface area contributed by atoms with Gasteiger partial charge in [-0.2, -0.15) is 0 Å². The number of ether oxygens (including phenoxy) is 1. The highest BCUT2D eigenvalue weighted by molar-refractivity contribution is 5.98. The van der Waals surface area contributed by atoms with Crippen molar-refractivity contribution in [2.75, 3.05) is 32.1 Å². The number of benzene rings is 2. The molecule has 5 heteroatoms. The van der Waals surface area contributed by atoms with E-state index in [2.05, 4.69) is 39.4 Å². The molecule has 2 aliphatic rings. The number of rotatable bonds is 3. The van der Waals surface area contributed by atoms with Crippen LogP contribution in [-0.4, -0.2) is 43.7 Å². The minimum Gasteiger partial charge on any atom is -0.466 e. The van der Waals surface area contributed by atoms with Crippen molar-refractivity contribution in [3.63, 3.8) is 0 Å². The summed E-state index contributed by atoms with van der Waals surface area (Å²) in [4.78, 5) is 17.0. The molecule has 0 aliphatic carbocycles. The molecule has 2 heterocycles. The summed E-state index contributed by atoms with van der Waals surface area (Å²) in [6.07, 6.45) is 1.83. The number of piperidine rings is 1. The van der Waals surface area contributed by atoms with Gasteiger partial charge in [-0.25, -0.2) is 0 Å². The Kier molecular flexibility index (Phi) is 4.32. The molecule has 0 aromatic heterocycles. The molecule has 1 unspecified atom stereocenters. The zero-order chi connectivity index (χ0) is 18.1. The Hall–Kier alpha value is -2.53. The van der Waals surface area contributed by atoms with E-state index in [1.807, 2.05) is 38.4 Å². The van der Waals surface area contributed by atoms with Gasteiger partial charge in [0.25, 0.3) is 5.91 Å². The van der Waals surface area contributed by atoms with Gasteiger partial charge < -0.3 is 15.0 Å². The van der Waals surface area contributed by atoms with Crippen LogP contribution in [0.25, 0.3) is 0 Å². The predicted molar refractivity (Wildman–Crippen MR) is 103 cm³/mol. The molecule has 4 rings (SSSR count). The third-order valence-corrected chi connectivity index (χ3v) is 5.17. The standard InChI is InChI=1S/C21H25N3O2/c1-23(2)17-10-8-16(9-11-17)14-24-13-5-12-21(15-24)22-20(25)18-6-3-4-7-19(18)26-21/h3-4,6-11H,5,12-15H2,1-2H3,(H,22,25). The van der Waals surface area contributed by atoms with E-state index in [0.717, 1.165) is 25.9 Å². The second-order valence-electron chi connectivity index (χ2n) is 7.42. The van der Waals surface area contributed by atoms with Crippen LogP contribution in [0.3, 0.4) is 0 Å². The van der Waals surface area contributed by atoms with Crippen LogP contribution in [0.15, 0.2) is 48.5 Å². The first-order chi connectivity index (χ1) is 12.5. The number of para-hydroxylation sites is 1. The fourth-order valence-electron chi connectivity index (χ4n) is 3.84. The number of carbonyl (C=O) groups excluding carboxylic acids is 1. The molecule has 1 saturated heterocycles. The molecule has 2 aliphatic heterocycles. The average Bonchev–Trinajstić information content (AvgIpc) is 2.62. The topological polar surface area (TPSA) is 44.8 Å². The molecule has 0 bridgehead atoms. The highest BCUT2D eigenvalue weighted by Gasteiger charge is 2.43. The van der Waals surface area contributed by atoms with Gasteiger partial charge in [0.05, 0.1) is 12.1 Å². The molecule has 1 spiro atoms. The van der Waals surface area contributed by atoms with E-state index in [1.54, 1.807) is 0 Å². The van der Waals surface area contributed by atoms with Gasteiger partial charge in [-0.05, 0) is 42.8 Å². The van der Waals surface area contributed by atoms with Crippen LogP contribution in [-0.2, 0) is 6.54 Å². The van der Waals surface area contributed by atoms with Gasteiger partial charge in [-0.3, -0.25) is 9.69 Å². The monoisotopic (exact) mass is 351 g/mol. The second kappa shape index (κ2) is 6.65. The number of fused-ring (bicyclic) bond motifs is 1. The van der Waals surface area contributed by atoms with E-state index in [-0.39, 0.29) is 5.91 Å². The summed E-state index contributed by atoms with van der Waals surface area (Å²) in [6.45, 7) is 2.57. The Bertz CT molecular complexity index is 803. The van der Waals surface area contributed by atoms with E-state index in [0.29, 0.717) is 17.9 Å². The van der Waals surface area contributed by atoms with E-state index in [9.17, 15) is 4.79 Å². The fraction of sp³-hybridized carbons (Fsp3) is 0.381. The normalized spacial score (nSPS) is 22.5. The highest BCUT2D eigenvalue weighted by Crippen LogP contribution is 2.33. The summed E-state index contributed by atoms with van der Waals surface area (Å²) in [5, 5.41) is 3.12. The zero-order valence-electron chi connectivity index (χ0n) is 15.4. The number of carbonyl (C=O) groups is 1. The third kappa shape index (κ3) is 3.27. The first kappa shape index (κ1) is 16.9. The van der Waals surface area contributed by atoms with Crippen LogP contribution >= 0.6 is 0 Å². The largest absolute Gasteiger partial charge is 0.466 e. The molecular weight excluding hydrogens is 326 g/mol. The average molecular weight is 351 g/mol. The van der Waals surface area contributed by atoms with Crippen molar-refractivity contribution in [1.82, 2.24) is 10.2 Å². The summed E-state index contributed by atoms with van der Waals surface area (Å²) in [7, 11) is 4.09. The Labute approximate surface area is 154 Å². The number of likely N-dealkylation sites (tertiary alicyclic amines) is 1. The molecular formula is C21H25N3O2. The van der Waals surface area contributed by atoms with Crippen LogP contribution in [0.4, 0.5) is 5.69 Å². The van der Waals surface area contributed by atoms with Crippen LogP contribution in [0.1, 0.15) is 28.8 Å². The first-order valence-corrected chi connectivity index (χ1v) is 9.14. The third-order valence-electron chi connectivity index (χ3n) is 5.17. The first-order valence-electron chi connectivity index (χ1n) is 9.14. The highest BCUT2D eigenvalue weighted by atomic mass is 16.5. The van der Waals surface area contributed by atoms with Crippen LogP contribution < -0.4 is 15.0 Å². The van der Waals surface area contributed by atoms with E-state index in [1.165, 1.54) is 11.3 Å². The van der Waals surface area contributed by atoms with Gasteiger partial charge in [0, 0.05) is 32.7 Å². The van der Waals surface area contributed by atoms with Crippen molar-refractivity contribution in [2.24, 2.45) is 0 Å². The summed E-state index contributed by atoms with van der Waals surface area (Å²) in [6, 6.07) is 16.1. The summed E-state index contributed by atoms with van der Waals surface area (Å²) < 4.78 is 6.27. The molecule has 5 nitrogen and oxygen atoms in total. The second-order valence-corrected chi connectivity index (χ2v) is 7.42. The Balaban J connectivity index is 1.48. The summed E-state index contributed by atoms with van der Waals surface area (Å²) >= 11 is 0. The molecule has 1 fully saturated rings. The number of amides is 1. The molecule has 1 atom stereocenters. The smallest absolute Gasteiger partial charge is 0.258 e. The quantitative estimate of drug-likeness (QED) is 0.924. The molecule has 0 saturated carbocycles. The van der Waals surface area contributed by atoms with Crippen molar-refractivity contribution >= 4 is 11.6 Å².